The molecule has 0 aliphatic heterocycles. The normalized spacial score (nSPS) is 10.4. The molecule has 0 atom stereocenters. The predicted molar refractivity (Wildman–Crippen MR) is 57.9 cm³/mol. The number of hydrogen-bond donors (Lipinski definition) is 2. The SMILES string of the molecule is Nc1c(F)ccc(O)c1-c1ccccc1F. The van der Waals surface area contributed by atoms with Gasteiger partial charge < -0.3 is 10.8 Å². The minimum Gasteiger partial charge on any atom is -0.507 e. The molecule has 0 radical (unpaired) electrons. The van der Waals surface area contributed by atoms with Crippen LogP contribution in [0.2, 0.25) is 0 Å². The first-order chi connectivity index (χ1) is 7.61. The average molecular weight is 221 g/mol. The summed E-state index contributed by atoms with van der Waals surface area (Å²) in [5.41, 5.74) is 5.29. The number of nitrogen functional groups attached to an aromatic ring is 1. The molecule has 2 rings (SSSR count). The second-order valence-corrected chi connectivity index (χ2v) is 3.34. The Morgan fingerprint density at radius 1 is 0.938 bits per heavy atom. The lowest BCUT2D eigenvalue weighted by Crippen LogP contribution is -1.96. The summed E-state index contributed by atoms with van der Waals surface area (Å²) in [6, 6.07) is 7.93. The van der Waals surface area contributed by atoms with Crippen LogP contribution in [0.5, 0.6) is 5.75 Å². The highest BCUT2D eigenvalue weighted by Crippen LogP contribution is 2.37. The van der Waals surface area contributed by atoms with Crippen molar-refractivity contribution >= 4 is 5.69 Å². The third-order valence-corrected chi connectivity index (χ3v) is 2.31. The summed E-state index contributed by atoms with van der Waals surface area (Å²) in [5, 5.41) is 9.58. The Labute approximate surface area is 91.0 Å². The minimum atomic E-state index is -0.684. The highest BCUT2D eigenvalue weighted by Gasteiger charge is 2.15. The Balaban J connectivity index is 2.74. The van der Waals surface area contributed by atoms with Crippen LogP contribution in [-0.2, 0) is 0 Å². The fourth-order valence-corrected chi connectivity index (χ4v) is 1.53. The van der Waals surface area contributed by atoms with E-state index in [2.05, 4.69) is 0 Å². The zero-order valence-electron chi connectivity index (χ0n) is 8.24. The van der Waals surface area contributed by atoms with Crippen LogP contribution in [0.15, 0.2) is 36.4 Å². The molecule has 0 unspecified atom stereocenters. The summed E-state index contributed by atoms with van der Waals surface area (Å²) < 4.78 is 26.7. The molecule has 0 bridgehead atoms. The molecule has 0 saturated carbocycles. The Kier molecular flexibility index (Phi) is 2.48. The van der Waals surface area contributed by atoms with Gasteiger partial charge in [-0.15, -0.1) is 0 Å². The van der Waals surface area contributed by atoms with E-state index in [1.807, 2.05) is 0 Å². The van der Waals surface area contributed by atoms with Gasteiger partial charge in [0.25, 0.3) is 0 Å². The molecule has 4 heteroatoms. The van der Waals surface area contributed by atoms with E-state index in [1.54, 1.807) is 6.07 Å². The van der Waals surface area contributed by atoms with E-state index in [-0.39, 0.29) is 22.6 Å². The topological polar surface area (TPSA) is 46.2 Å². The van der Waals surface area contributed by atoms with Gasteiger partial charge in [0.05, 0.1) is 11.3 Å². The zero-order valence-corrected chi connectivity index (χ0v) is 8.24. The summed E-state index contributed by atoms with van der Waals surface area (Å²) >= 11 is 0. The van der Waals surface area contributed by atoms with Crippen molar-refractivity contribution in [2.45, 2.75) is 0 Å². The van der Waals surface area contributed by atoms with Gasteiger partial charge in [0.2, 0.25) is 0 Å². The lowest BCUT2D eigenvalue weighted by molar-refractivity contribution is 0.475. The molecule has 3 N–H and O–H groups in total. The van der Waals surface area contributed by atoms with Gasteiger partial charge in [0.1, 0.15) is 17.4 Å². The summed E-state index contributed by atoms with van der Waals surface area (Å²) in [4.78, 5) is 0. The number of aromatic hydroxyl groups is 1. The van der Waals surface area contributed by atoms with Gasteiger partial charge in [-0.25, -0.2) is 8.78 Å². The van der Waals surface area contributed by atoms with E-state index in [1.165, 1.54) is 18.2 Å². The molecule has 82 valence electrons. The second-order valence-electron chi connectivity index (χ2n) is 3.34. The minimum absolute atomic E-state index is 0.0156. The van der Waals surface area contributed by atoms with Crippen LogP contribution in [0.4, 0.5) is 14.5 Å². The Bertz CT molecular complexity index is 541. The van der Waals surface area contributed by atoms with Crippen LogP contribution in [0.25, 0.3) is 11.1 Å². The van der Waals surface area contributed by atoms with E-state index in [0.717, 1.165) is 12.1 Å². The van der Waals surface area contributed by atoms with Gasteiger partial charge in [-0.2, -0.15) is 0 Å². The van der Waals surface area contributed by atoms with Crippen molar-refractivity contribution < 1.29 is 13.9 Å². The van der Waals surface area contributed by atoms with Gasteiger partial charge in [0, 0.05) is 5.56 Å². The monoisotopic (exact) mass is 221 g/mol. The quantitative estimate of drug-likeness (QED) is 0.727. The van der Waals surface area contributed by atoms with Crippen LogP contribution in [-0.4, -0.2) is 5.11 Å². The van der Waals surface area contributed by atoms with E-state index in [4.69, 9.17) is 5.73 Å². The highest BCUT2D eigenvalue weighted by molar-refractivity contribution is 5.82. The summed E-state index contributed by atoms with van der Waals surface area (Å²) in [5.74, 6) is -1.49. The molecule has 0 heterocycles. The third kappa shape index (κ3) is 1.58. The highest BCUT2D eigenvalue weighted by atomic mass is 19.1. The van der Waals surface area contributed by atoms with Crippen molar-refractivity contribution in [3.05, 3.63) is 48.0 Å². The molecule has 0 spiro atoms. The first kappa shape index (κ1) is 10.4. The van der Waals surface area contributed by atoms with Gasteiger partial charge in [0.15, 0.2) is 0 Å². The number of phenolic OH excluding ortho intramolecular Hbond substituents is 1. The van der Waals surface area contributed by atoms with E-state index >= 15 is 0 Å². The molecular formula is C12H9F2NO. The summed E-state index contributed by atoms with van der Waals surface area (Å²) in [7, 11) is 0. The molecule has 0 amide bonds. The molecule has 16 heavy (non-hydrogen) atoms. The molecule has 0 fully saturated rings. The maximum absolute atomic E-state index is 13.5. The number of rotatable bonds is 1. The van der Waals surface area contributed by atoms with Gasteiger partial charge >= 0.3 is 0 Å². The number of nitrogens with two attached hydrogens (primary N) is 1. The maximum Gasteiger partial charge on any atom is 0.146 e. The smallest absolute Gasteiger partial charge is 0.146 e. The van der Waals surface area contributed by atoms with Crippen molar-refractivity contribution in [2.75, 3.05) is 5.73 Å². The number of benzene rings is 2. The molecule has 2 aromatic carbocycles. The third-order valence-electron chi connectivity index (χ3n) is 2.31. The van der Waals surface area contributed by atoms with E-state index < -0.39 is 11.6 Å². The Hall–Kier alpha value is -2.10. The Morgan fingerprint density at radius 2 is 1.62 bits per heavy atom. The fourth-order valence-electron chi connectivity index (χ4n) is 1.53. The molecular weight excluding hydrogens is 212 g/mol. The van der Waals surface area contributed by atoms with E-state index in [9.17, 15) is 13.9 Å². The first-order valence-electron chi connectivity index (χ1n) is 4.63. The molecule has 0 saturated heterocycles. The van der Waals surface area contributed by atoms with Crippen LogP contribution in [0.1, 0.15) is 0 Å². The lowest BCUT2D eigenvalue weighted by atomic mass is 10.0. The number of hydrogen-bond acceptors (Lipinski definition) is 2. The molecule has 2 aromatic rings. The van der Waals surface area contributed by atoms with Crippen LogP contribution < -0.4 is 5.73 Å². The van der Waals surface area contributed by atoms with Crippen LogP contribution in [0.3, 0.4) is 0 Å². The zero-order chi connectivity index (χ0) is 11.7. The fraction of sp³-hybridized carbons (Fsp3) is 0. The number of phenols is 1. The number of anilines is 1. The summed E-state index contributed by atoms with van der Waals surface area (Å²) in [6.45, 7) is 0. The maximum atomic E-state index is 13.5. The second kappa shape index (κ2) is 3.81. The van der Waals surface area contributed by atoms with Crippen molar-refractivity contribution in [1.29, 1.82) is 0 Å². The lowest BCUT2D eigenvalue weighted by Gasteiger charge is -2.09. The van der Waals surface area contributed by atoms with Crippen LogP contribution >= 0.6 is 0 Å². The van der Waals surface area contributed by atoms with Crippen LogP contribution in [0, 0.1) is 11.6 Å². The van der Waals surface area contributed by atoms with Crippen molar-refractivity contribution in [1.82, 2.24) is 0 Å². The van der Waals surface area contributed by atoms with E-state index in [0.29, 0.717) is 0 Å². The van der Waals surface area contributed by atoms with Crippen molar-refractivity contribution in [3.8, 4) is 16.9 Å². The standard InChI is InChI=1S/C12H9F2NO/c13-8-4-2-1-3-7(8)11-10(16)6-5-9(14)12(11)15/h1-6,16H,15H2. The van der Waals surface area contributed by atoms with Gasteiger partial charge in [-0.1, -0.05) is 18.2 Å². The van der Waals surface area contributed by atoms with Crippen molar-refractivity contribution in [3.63, 3.8) is 0 Å². The molecule has 0 aliphatic rings. The molecule has 0 aliphatic carbocycles. The van der Waals surface area contributed by atoms with Crippen molar-refractivity contribution in [2.24, 2.45) is 0 Å². The first-order valence-corrected chi connectivity index (χ1v) is 4.63. The largest absolute Gasteiger partial charge is 0.507 e. The van der Waals surface area contributed by atoms with Gasteiger partial charge in [-0.3, -0.25) is 0 Å². The average Bonchev–Trinajstić information content (AvgIpc) is 2.27. The molecule has 2 nitrogen and oxygen atoms in total. The predicted octanol–water partition coefficient (Wildman–Crippen LogP) is 2.92. The van der Waals surface area contributed by atoms with Gasteiger partial charge in [-0.05, 0) is 18.2 Å². The Morgan fingerprint density at radius 3 is 2.31 bits per heavy atom. The number of halogens is 2. The molecule has 0 aromatic heterocycles. The summed E-state index contributed by atoms with van der Waals surface area (Å²) in [6.07, 6.45) is 0.